The molecule has 0 saturated heterocycles. The zero-order valence-corrected chi connectivity index (χ0v) is 16.5. The molecule has 0 aliphatic rings. The number of aromatic hydroxyl groups is 1. The summed E-state index contributed by atoms with van der Waals surface area (Å²) >= 11 is 11.9. The number of carbonyl (C=O) groups excluding carboxylic acids is 1. The molecule has 0 aromatic heterocycles. The molecule has 0 saturated carbocycles. The predicted molar refractivity (Wildman–Crippen MR) is 103 cm³/mol. The first-order valence-corrected chi connectivity index (χ1v) is 9.99. The molecule has 0 bridgehead atoms. The van der Waals surface area contributed by atoms with Crippen molar-refractivity contribution in [1.29, 1.82) is 0 Å². The summed E-state index contributed by atoms with van der Waals surface area (Å²) in [5.41, 5.74) is 0.199. The lowest BCUT2D eigenvalue weighted by atomic mass is 10.2. The van der Waals surface area contributed by atoms with Crippen LogP contribution in [-0.2, 0) is 10.0 Å². The summed E-state index contributed by atoms with van der Waals surface area (Å²) in [6.07, 6.45) is 0. The number of anilines is 1. The zero-order chi connectivity index (χ0) is 19.5. The molecule has 0 heterocycles. The highest BCUT2D eigenvalue weighted by Gasteiger charge is 2.25. The van der Waals surface area contributed by atoms with Crippen LogP contribution in [-0.4, -0.2) is 36.8 Å². The maximum Gasteiger partial charge on any atom is 0.255 e. The third-order valence-corrected chi connectivity index (χ3v) is 6.49. The van der Waals surface area contributed by atoms with Gasteiger partial charge in [-0.25, -0.2) is 8.42 Å². The Kier molecular flexibility index (Phi) is 6.52. The van der Waals surface area contributed by atoms with Gasteiger partial charge in [-0.15, -0.1) is 0 Å². The number of amides is 1. The van der Waals surface area contributed by atoms with Gasteiger partial charge in [0.2, 0.25) is 10.0 Å². The van der Waals surface area contributed by atoms with Crippen LogP contribution in [0, 0.1) is 0 Å². The summed E-state index contributed by atoms with van der Waals surface area (Å²) in [6.45, 7) is 3.99. The lowest BCUT2D eigenvalue weighted by Gasteiger charge is -2.19. The highest BCUT2D eigenvalue weighted by molar-refractivity contribution is 7.89. The molecular weight excluding hydrogens is 399 g/mol. The standard InChI is InChI=1S/C17H18Cl2N2O4S/c1-3-21(4-2)26(24,25)16-9-11(5-7-13(16)19)17(23)20-14-10-12(18)6-8-15(14)22/h5-10,22H,3-4H2,1-2H3,(H,20,23). The molecule has 2 N–H and O–H groups in total. The number of phenols is 1. The fourth-order valence-electron chi connectivity index (χ4n) is 2.35. The molecule has 0 unspecified atom stereocenters. The van der Waals surface area contributed by atoms with Crippen LogP contribution in [0.2, 0.25) is 10.0 Å². The maximum absolute atomic E-state index is 12.7. The summed E-state index contributed by atoms with van der Waals surface area (Å²) in [5.74, 6) is -0.761. The van der Waals surface area contributed by atoms with Gasteiger partial charge in [0.25, 0.3) is 5.91 Å². The number of phenolic OH excluding ortho intramolecular Hbond substituents is 1. The van der Waals surface area contributed by atoms with E-state index >= 15 is 0 Å². The fraction of sp³-hybridized carbons (Fsp3) is 0.235. The lowest BCUT2D eigenvalue weighted by molar-refractivity contribution is 0.102. The summed E-state index contributed by atoms with van der Waals surface area (Å²) in [4.78, 5) is 12.3. The SMILES string of the molecule is CCN(CC)S(=O)(=O)c1cc(C(=O)Nc2cc(Cl)ccc2O)ccc1Cl. The smallest absolute Gasteiger partial charge is 0.255 e. The quantitative estimate of drug-likeness (QED) is 0.697. The van der Waals surface area contributed by atoms with Crippen LogP contribution in [0.1, 0.15) is 24.2 Å². The van der Waals surface area contributed by atoms with Gasteiger partial charge in [-0.2, -0.15) is 4.31 Å². The molecule has 0 atom stereocenters. The van der Waals surface area contributed by atoms with Crippen molar-refractivity contribution in [2.24, 2.45) is 0 Å². The van der Waals surface area contributed by atoms with Gasteiger partial charge in [-0.1, -0.05) is 37.0 Å². The van der Waals surface area contributed by atoms with E-state index in [-0.39, 0.29) is 40.0 Å². The second kappa shape index (κ2) is 8.26. The average Bonchev–Trinajstić information content (AvgIpc) is 2.59. The molecule has 2 aromatic rings. The van der Waals surface area contributed by atoms with Crippen LogP contribution in [0.15, 0.2) is 41.3 Å². The summed E-state index contributed by atoms with van der Waals surface area (Å²) < 4.78 is 26.6. The van der Waals surface area contributed by atoms with E-state index < -0.39 is 15.9 Å². The van der Waals surface area contributed by atoms with Crippen molar-refractivity contribution in [3.05, 3.63) is 52.0 Å². The van der Waals surface area contributed by atoms with Gasteiger partial charge in [0.05, 0.1) is 10.7 Å². The van der Waals surface area contributed by atoms with E-state index in [1.54, 1.807) is 13.8 Å². The van der Waals surface area contributed by atoms with Crippen LogP contribution in [0.4, 0.5) is 5.69 Å². The Labute approximate surface area is 162 Å². The fourth-order valence-corrected chi connectivity index (χ4v) is 4.48. The monoisotopic (exact) mass is 416 g/mol. The van der Waals surface area contributed by atoms with Crippen LogP contribution in [0.5, 0.6) is 5.75 Å². The van der Waals surface area contributed by atoms with Crippen LogP contribution >= 0.6 is 23.2 Å². The minimum atomic E-state index is -3.82. The Balaban J connectivity index is 2.40. The van der Waals surface area contributed by atoms with E-state index in [1.165, 1.54) is 40.7 Å². The molecule has 1 amide bonds. The normalized spacial score (nSPS) is 11.6. The van der Waals surface area contributed by atoms with E-state index in [1.807, 2.05) is 0 Å². The van der Waals surface area contributed by atoms with Crippen molar-refractivity contribution in [1.82, 2.24) is 4.31 Å². The molecule has 2 aromatic carbocycles. The number of hydrogen-bond acceptors (Lipinski definition) is 4. The van der Waals surface area contributed by atoms with Crippen LogP contribution < -0.4 is 5.32 Å². The Morgan fingerprint density at radius 3 is 2.38 bits per heavy atom. The highest BCUT2D eigenvalue weighted by Crippen LogP contribution is 2.29. The van der Waals surface area contributed by atoms with E-state index in [9.17, 15) is 18.3 Å². The maximum atomic E-state index is 12.7. The molecule has 0 radical (unpaired) electrons. The number of halogens is 2. The van der Waals surface area contributed by atoms with Crippen molar-refractivity contribution in [3.63, 3.8) is 0 Å². The molecule has 26 heavy (non-hydrogen) atoms. The Morgan fingerprint density at radius 2 is 1.77 bits per heavy atom. The van der Waals surface area contributed by atoms with Gasteiger partial charge in [-0.05, 0) is 36.4 Å². The predicted octanol–water partition coefficient (Wildman–Crippen LogP) is 3.98. The van der Waals surface area contributed by atoms with Crippen molar-refractivity contribution in [3.8, 4) is 5.75 Å². The lowest BCUT2D eigenvalue weighted by Crippen LogP contribution is -2.31. The number of benzene rings is 2. The average molecular weight is 417 g/mol. The third-order valence-electron chi connectivity index (χ3n) is 3.72. The first-order valence-electron chi connectivity index (χ1n) is 7.80. The van der Waals surface area contributed by atoms with Crippen molar-refractivity contribution in [2.75, 3.05) is 18.4 Å². The second-order valence-electron chi connectivity index (χ2n) is 5.35. The topological polar surface area (TPSA) is 86.7 Å². The molecular formula is C17H18Cl2N2O4S. The number of sulfonamides is 1. The van der Waals surface area contributed by atoms with E-state index in [0.29, 0.717) is 5.02 Å². The molecule has 0 spiro atoms. The summed E-state index contributed by atoms with van der Waals surface area (Å²) in [7, 11) is -3.82. The number of nitrogens with one attached hydrogen (secondary N) is 1. The first-order chi connectivity index (χ1) is 12.2. The van der Waals surface area contributed by atoms with Crippen molar-refractivity contribution < 1.29 is 18.3 Å². The molecule has 6 nitrogen and oxygen atoms in total. The summed E-state index contributed by atoms with van der Waals surface area (Å²) in [5, 5.41) is 12.7. The van der Waals surface area contributed by atoms with Crippen molar-refractivity contribution in [2.45, 2.75) is 18.7 Å². The third kappa shape index (κ3) is 4.29. The van der Waals surface area contributed by atoms with Gasteiger partial charge in [0, 0.05) is 23.7 Å². The molecule has 2 rings (SSSR count). The van der Waals surface area contributed by atoms with Gasteiger partial charge in [0.15, 0.2) is 0 Å². The van der Waals surface area contributed by atoms with E-state index in [4.69, 9.17) is 23.2 Å². The number of rotatable bonds is 6. The van der Waals surface area contributed by atoms with E-state index in [2.05, 4.69) is 5.32 Å². The minimum Gasteiger partial charge on any atom is -0.506 e. The van der Waals surface area contributed by atoms with Crippen LogP contribution in [0.3, 0.4) is 0 Å². The second-order valence-corrected chi connectivity index (χ2v) is 8.10. The molecule has 0 fully saturated rings. The van der Waals surface area contributed by atoms with E-state index in [0.717, 1.165) is 0 Å². The van der Waals surface area contributed by atoms with Gasteiger partial charge in [-0.3, -0.25) is 4.79 Å². The highest BCUT2D eigenvalue weighted by atomic mass is 35.5. The van der Waals surface area contributed by atoms with Gasteiger partial charge in [0.1, 0.15) is 10.6 Å². The molecule has 0 aliphatic heterocycles. The zero-order valence-electron chi connectivity index (χ0n) is 14.2. The molecule has 140 valence electrons. The van der Waals surface area contributed by atoms with Gasteiger partial charge < -0.3 is 10.4 Å². The largest absolute Gasteiger partial charge is 0.506 e. The minimum absolute atomic E-state index is 0.0269. The molecule has 0 aliphatic carbocycles. The summed E-state index contributed by atoms with van der Waals surface area (Å²) in [6, 6.07) is 8.18. The Morgan fingerprint density at radius 1 is 1.12 bits per heavy atom. The number of carbonyl (C=O) groups is 1. The first kappa shape index (κ1) is 20.5. The number of nitrogens with zero attached hydrogens (tertiary/aromatic N) is 1. The van der Waals surface area contributed by atoms with Crippen LogP contribution in [0.25, 0.3) is 0 Å². The Hall–Kier alpha value is -1.80. The van der Waals surface area contributed by atoms with Gasteiger partial charge >= 0.3 is 0 Å². The Bertz CT molecular complexity index is 928. The number of hydrogen-bond donors (Lipinski definition) is 2. The molecule has 9 heteroatoms. The van der Waals surface area contributed by atoms with Crippen molar-refractivity contribution >= 4 is 44.8 Å².